The van der Waals surface area contributed by atoms with E-state index in [1.165, 1.54) is 0 Å². The fourth-order valence-corrected chi connectivity index (χ4v) is 3.90. The summed E-state index contributed by atoms with van der Waals surface area (Å²) in [6, 6.07) is 3.56. The monoisotopic (exact) mass is 366 g/mol. The zero-order valence-electron chi connectivity index (χ0n) is 15.2. The number of carbonyl (C=O) groups excluding carboxylic acids is 2. The van der Waals surface area contributed by atoms with Crippen LogP contribution in [0.25, 0.3) is 0 Å². The predicted molar refractivity (Wildman–Crippen MR) is 97.2 cm³/mol. The van der Waals surface area contributed by atoms with Crippen molar-refractivity contribution >= 4 is 11.7 Å². The second kappa shape index (κ2) is 6.76. The van der Waals surface area contributed by atoms with Crippen LogP contribution in [0, 0.1) is 12.3 Å². The highest BCUT2D eigenvalue weighted by atomic mass is 16.5. The number of ketones is 1. The lowest BCUT2D eigenvalue weighted by Gasteiger charge is -2.43. The second-order valence-electron chi connectivity index (χ2n) is 7.50. The van der Waals surface area contributed by atoms with Crippen molar-refractivity contribution in [2.45, 2.75) is 56.2 Å². The van der Waals surface area contributed by atoms with Crippen molar-refractivity contribution in [1.82, 2.24) is 9.88 Å². The molecule has 1 spiro atoms. The van der Waals surface area contributed by atoms with Gasteiger partial charge in [0.1, 0.15) is 17.0 Å². The van der Waals surface area contributed by atoms with Crippen molar-refractivity contribution in [2.75, 3.05) is 13.1 Å². The highest BCUT2D eigenvalue weighted by molar-refractivity contribution is 5.98. The molecule has 7 heteroatoms. The zero-order chi connectivity index (χ0) is 18.9. The molecule has 1 saturated heterocycles. The average Bonchev–Trinajstić information content (AvgIpc) is 3.45. The standard InChI is InChI=1S/C20H22N4O3/c1-2-3-7-20(22-23-20)8-6-17(26)24-12-9-19(10-13-24)14-15(25)18-16(27-19)5-4-11-21-18/h1,4-5,11H,3,6-10,12-14H2. The molecule has 4 heterocycles. The highest BCUT2D eigenvalue weighted by Gasteiger charge is 2.45. The molecular weight excluding hydrogens is 344 g/mol. The van der Waals surface area contributed by atoms with E-state index in [0.717, 1.165) is 0 Å². The second-order valence-corrected chi connectivity index (χ2v) is 7.50. The number of amides is 1. The maximum atomic E-state index is 12.6. The van der Waals surface area contributed by atoms with Crippen LogP contribution in [-0.2, 0) is 4.79 Å². The molecule has 4 rings (SSSR count). The third-order valence-electron chi connectivity index (χ3n) is 5.66. The Morgan fingerprint density at radius 1 is 1.30 bits per heavy atom. The summed E-state index contributed by atoms with van der Waals surface area (Å²) < 4.78 is 6.16. The third kappa shape index (κ3) is 3.57. The fraction of sp³-hybridized carbons (Fsp3) is 0.550. The number of ether oxygens (including phenoxy) is 1. The van der Waals surface area contributed by atoms with E-state index >= 15 is 0 Å². The Labute approximate surface area is 158 Å². The number of pyridine rings is 1. The van der Waals surface area contributed by atoms with Crippen LogP contribution in [0.5, 0.6) is 5.75 Å². The fourth-order valence-electron chi connectivity index (χ4n) is 3.90. The van der Waals surface area contributed by atoms with Gasteiger partial charge in [-0.3, -0.25) is 9.59 Å². The Balaban J connectivity index is 1.31. The van der Waals surface area contributed by atoms with Gasteiger partial charge in [-0.25, -0.2) is 4.98 Å². The molecule has 0 bridgehead atoms. The number of nitrogens with zero attached hydrogens (tertiary/aromatic N) is 4. The summed E-state index contributed by atoms with van der Waals surface area (Å²) in [7, 11) is 0. The quantitative estimate of drug-likeness (QED) is 0.750. The molecule has 0 atom stereocenters. The van der Waals surface area contributed by atoms with Gasteiger partial charge in [0.2, 0.25) is 5.91 Å². The summed E-state index contributed by atoms with van der Waals surface area (Å²) in [5.41, 5.74) is -0.524. The molecule has 1 amide bonds. The first-order valence-corrected chi connectivity index (χ1v) is 9.37. The molecule has 0 aliphatic carbocycles. The number of piperidine rings is 1. The van der Waals surface area contributed by atoms with Gasteiger partial charge in [-0.1, -0.05) is 0 Å². The lowest BCUT2D eigenvalue weighted by Crippen LogP contribution is -2.52. The smallest absolute Gasteiger partial charge is 0.222 e. The summed E-state index contributed by atoms with van der Waals surface area (Å²) in [6.07, 6.45) is 10.9. The van der Waals surface area contributed by atoms with E-state index in [2.05, 4.69) is 21.1 Å². The first-order valence-electron chi connectivity index (χ1n) is 9.37. The molecule has 0 N–H and O–H groups in total. The van der Waals surface area contributed by atoms with E-state index in [1.807, 2.05) is 4.90 Å². The van der Waals surface area contributed by atoms with Crippen LogP contribution >= 0.6 is 0 Å². The van der Waals surface area contributed by atoms with Crippen LogP contribution < -0.4 is 4.74 Å². The minimum atomic E-state index is -0.515. The van der Waals surface area contributed by atoms with E-state index < -0.39 is 11.3 Å². The van der Waals surface area contributed by atoms with Gasteiger partial charge in [0.15, 0.2) is 11.4 Å². The van der Waals surface area contributed by atoms with Gasteiger partial charge >= 0.3 is 0 Å². The van der Waals surface area contributed by atoms with Gasteiger partial charge in [-0.2, -0.15) is 10.2 Å². The van der Waals surface area contributed by atoms with Gasteiger partial charge in [-0.05, 0) is 12.1 Å². The number of hydrogen-bond acceptors (Lipinski definition) is 6. The topological polar surface area (TPSA) is 84.2 Å². The molecule has 0 aromatic carbocycles. The van der Waals surface area contributed by atoms with Crippen molar-refractivity contribution in [3.05, 3.63) is 24.0 Å². The SMILES string of the molecule is C#CCCC1(CCC(=O)N2CCC3(CC2)CC(=O)c2ncccc2O3)N=N1. The maximum absolute atomic E-state index is 12.6. The molecule has 0 unspecified atom stereocenters. The number of terminal acetylenes is 1. The summed E-state index contributed by atoms with van der Waals surface area (Å²) in [5, 5.41) is 8.16. The number of carbonyl (C=O) groups is 2. The van der Waals surface area contributed by atoms with E-state index in [1.54, 1.807) is 18.3 Å². The highest BCUT2D eigenvalue weighted by Crippen LogP contribution is 2.40. The number of hydrogen-bond donors (Lipinski definition) is 0. The average molecular weight is 366 g/mol. The Morgan fingerprint density at radius 3 is 2.78 bits per heavy atom. The van der Waals surface area contributed by atoms with Crippen LogP contribution in [0.3, 0.4) is 0 Å². The number of rotatable bonds is 5. The molecule has 27 heavy (non-hydrogen) atoms. The minimum Gasteiger partial charge on any atom is -0.484 e. The Hall–Kier alpha value is -2.75. The molecule has 0 saturated carbocycles. The lowest BCUT2D eigenvalue weighted by atomic mass is 9.83. The maximum Gasteiger partial charge on any atom is 0.222 e. The Bertz CT molecular complexity index is 828. The predicted octanol–water partition coefficient (Wildman–Crippen LogP) is 2.76. The molecule has 1 aromatic rings. The molecule has 1 aromatic heterocycles. The van der Waals surface area contributed by atoms with E-state index in [0.29, 0.717) is 69.5 Å². The molecule has 140 valence electrons. The van der Waals surface area contributed by atoms with Crippen molar-refractivity contribution in [3.8, 4) is 18.1 Å². The lowest BCUT2D eigenvalue weighted by molar-refractivity contribution is -0.135. The van der Waals surface area contributed by atoms with Crippen LogP contribution in [0.15, 0.2) is 28.6 Å². The Kier molecular flexibility index (Phi) is 4.42. The van der Waals surface area contributed by atoms with Crippen molar-refractivity contribution in [2.24, 2.45) is 10.2 Å². The van der Waals surface area contributed by atoms with Crippen LogP contribution in [0.2, 0.25) is 0 Å². The minimum absolute atomic E-state index is 0.0176. The number of Topliss-reactive ketones (excluding diaryl/α,β-unsaturated/α-hetero) is 1. The van der Waals surface area contributed by atoms with Crippen LogP contribution in [0.4, 0.5) is 0 Å². The van der Waals surface area contributed by atoms with E-state index in [9.17, 15) is 9.59 Å². The normalized spacial score (nSPS) is 21.3. The Morgan fingerprint density at radius 2 is 2.07 bits per heavy atom. The van der Waals surface area contributed by atoms with Gasteiger partial charge in [0.05, 0.1) is 6.42 Å². The third-order valence-corrected chi connectivity index (χ3v) is 5.66. The largest absolute Gasteiger partial charge is 0.484 e. The van der Waals surface area contributed by atoms with E-state index in [4.69, 9.17) is 11.2 Å². The van der Waals surface area contributed by atoms with Gasteiger partial charge in [0.25, 0.3) is 0 Å². The molecule has 0 radical (unpaired) electrons. The summed E-state index contributed by atoms with van der Waals surface area (Å²) in [4.78, 5) is 31.0. The first kappa shape index (κ1) is 17.7. The van der Waals surface area contributed by atoms with E-state index in [-0.39, 0.29) is 11.7 Å². The molecule has 7 nitrogen and oxygen atoms in total. The summed E-state index contributed by atoms with van der Waals surface area (Å²) >= 11 is 0. The first-order chi connectivity index (χ1) is 13.0. The van der Waals surface area contributed by atoms with Gasteiger partial charge in [-0.15, -0.1) is 12.3 Å². The van der Waals surface area contributed by atoms with Crippen molar-refractivity contribution < 1.29 is 14.3 Å². The van der Waals surface area contributed by atoms with Crippen LogP contribution in [0.1, 0.15) is 55.4 Å². The number of fused-ring (bicyclic) bond motifs is 1. The summed E-state index contributed by atoms with van der Waals surface area (Å²) in [5.74, 6) is 3.27. The van der Waals surface area contributed by atoms with Gasteiger partial charge in [0, 0.05) is 57.8 Å². The molecule has 3 aliphatic rings. The van der Waals surface area contributed by atoms with Crippen molar-refractivity contribution in [3.63, 3.8) is 0 Å². The number of aromatic nitrogens is 1. The molecular formula is C20H22N4O3. The van der Waals surface area contributed by atoms with Gasteiger partial charge < -0.3 is 9.64 Å². The molecule has 1 fully saturated rings. The molecule has 3 aliphatic heterocycles. The summed E-state index contributed by atoms with van der Waals surface area (Å²) in [6.45, 7) is 1.18. The number of likely N-dealkylation sites (tertiary alicyclic amines) is 1. The zero-order valence-corrected chi connectivity index (χ0v) is 15.2. The van der Waals surface area contributed by atoms with Crippen LogP contribution in [-0.4, -0.2) is 45.9 Å². The van der Waals surface area contributed by atoms with Crippen molar-refractivity contribution in [1.29, 1.82) is 0 Å².